The zero-order valence-electron chi connectivity index (χ0n) is 12.1. The van der Waals surface area contributed by atoms with Crippen LogP contribution in [-0.4, -0.2) is 9.97 Å². The normalized spacial score (nSPS) is 10.3. The summed E-state index contributed by atoms with van der Waals surface area (Å²) >= 11 is 3.48. The molecule has 3 aromatic rings. The highest BCUT2D eigenvalue weighted by molar-refractivity contribution is 9.10. The van der Waals surface area contributed by atoms with Crippen LogP contribution in [0.25, 0.3) is 0 Å². The summed E-state index contributed by atoms with van der Waals surface area (Å²) in [5, 5.41) is 6.24. The second-order valence-electron chi connectivity index (χ2n) is 4.82. The number of nitrogens with zero attached hydrogens (tertiary/aromatic N) is 2. The van der Waals surface area contributed by atoms with E-state index < -0.39 is 0 Å². The smallest absolute Gasteiger partial charge is 0.224 e. The summed E-state index contributed by atoms with van der Waals surface area (Å²) in [6.07, 6.45) is 1.65. The molecule has 6 heteroatoms. The molecule has 0 saturated heterocycles. The number of hydrogen-bond donors (Lipinski definition) is 2. The molecule has 2 aromatic carbocycles. The molecule has 0 aliphatic carbocycles. The van der Waals surface area contributed by atoms with E-state index in [0.717, 1.165) is 10.2 Å². The largest absolute Gasteiger partial charge is 0.350 e. The zero-order chi connectivity index (χ0) is 16.1. The van der Waals surface area contributed by atoms with Crippen molar-refractivity contribution in [1.29, 1.82) is 0 Å². The van der Waals surface area contributed by atoms with Gasteiger partial charge in [-0.05, 0) is 40.2 Å². The van der Waals surface area contributed by atoms with Crippen molar-refractivity contribution in [2.75, 3.05) is 10.6 Å². The molecule has 0 atom stereocenters. The van der Waals surface area contributed by atoms with Crippen molar-refractivity contribution in [3.05, 3.63) is 76.6 Å². The Labute approximate surface area is 141 Å². The van der Waals surface area contributed by atoms with E-state index in [0.29, 0.717) is 23.9 Å². The van der Waals surface area contributed by atoms with Crippen LogP contribution in [0.3, 0.4) is 0 Å². The monoisotopic (exact) mass is 372 g/mol. The first-order chi connectivity index (χ1) is 11.2. The van der Waals surface area contributed by atoms with E-state index in [9.17, 15) is 4.39 Å². The minimum absolute atomic E-state index is 0.248. The predicted molar refractivity (Wildman–Crippen MR) is 93.2 cm³/mol. The maximum Gasteiger partial charge on any atom is 0.224 e. The summed E-state index contributed by atoms with van der Waals surface area (Å²) < 4.78 is 14.5. The fourth-order valence-electron chi connectivity index (χ4n) is 2.03. The number of anilines is 3. The van der Waals surface area contributed by atoms with E-state index in [1.165, 1.54) is 6.07 Å². The third kappa shape index (κ3) is 4.04. The summed E-state index contributed by atoms with van der Waals surface area (Å²) in [6.45, 7) is 0.325. The number of para-hydroxylation sites is 1. The maximum atomic E-state index is 13.6. The third-order valence-corrected chi connectivity index (χ3v) is 3.88. The Morgan fingerprint density at radius 3 is 2.61 bits per heavy atom. The zero-order valence-corrected chi connectivity index (χ0v) is 13.7. The molecular formula is C17H14BrFN4. The lowest BCUT2D eigenvalue weighted by molar-refractivity contribution is 0.612. The van der Waals surface area contributed by atoms with Gasteiger partial charge in [0.05, 0.1) is 5.69 Å². The van der Waals surface area contributed by atoms with Crippen molar-refractivity contribution >= 4 is 33.4 Å². The maximum absolute atomic E-state index is 13.6. The molecule has 0 aliphatic heterocycles. The molecular weight excluding hydrogens is 359 g/mol. The Balaban J connectivity index is 1.70. The van der Waals surface area contributed by atoms with Crippen LogP contribution >= 0.6 is 15.9 Å². The number of halogens is 2. The summed E-state index contributed by atoms with van der Waals surface area (Å²) in [5.41, 5.74) is 1.48. The minimum Gasteiger partial charge on any atom is -0.350 e. The van der Waals surface area contributed by atoms with Gasteiger partial charge in [0.15, 0.2) is 0 Å². The molecule has 1 heterocycles. The fourth-order valence-corrected chi connectivity index (χ4v) is 2.41. The topological polar surface area (TPSA) is 49.8 Å². The molecule has 2 N–H and O–H groups in total. The number of nitrogens with one attached hydrogen (secondary N) is 2. The highest BCUT2D eigenvalue weighted by Gasteiger charge is 2.04. The summed E-state index contributed by atoms with van der Waals surface area (Å²) in [5.74, 6) is 0.843. The van der Waals surface area contributed by atoms with Crippen LogP contribution < -0.4 is 10.6 Å². The van der Waals surface area contributed by atoms with Crippen LogP contribution in [0.1, 0.15) is 5.56 Å². The molecule has 0 fully saturated rings. The van der Waals surface area contributed by atoms with Crippen molar-refractivity contribution in [2.24, 2.45) is 0 Å². The second-order valence-corrected chi connectivity index (χ2v) is 5.67. The molecule has 0 aliphatic rings. The molecule has 0 unspecified atom stereocenters. The standard InChI is InChI=1S/C17H14BrFN4/c18-13-6-2-4-8-15(13)22-16-9-10-20-17(23-16)21-11-12-5-1-3-7-14(12)19/h1-10H,11H2,(H2,20,21,22,23). The SMILES string of the molecule is Fc1ccccc1CNc1nccc(Nc2ccccc2Br)n1. The average Bonchev–Trinajstić information content (AvgIpc) is 2.57. The van der Waals surface area contributed by atoms with Crippen LogP contribution in [0.2, 0.25) is 0 Å². The molecule has 4 nitrogen and oxygen atoms in total. The van der Waals surface area contributed by atoms with Gasteiger partial charge in [0.2, 0.25) is 5.95 Å². The Bertz CT molecular complexity index is 810. The highest BCUT2D eigenvalue weighted by Crippen LogP contribution is 2.24. The average molecular weight is 373 g/mol. The van der Waals surface area contributed by atoms with Crippen molar-refractivity contribution in [3.8, 4) is 0 Å². The molecule has 0 saturated carbocycles. The Hall–Kier alpha value is -2.47. The predicted octanol–water partition coefficient (Wildman–Crippen LogP) is 4.73. The van der Waals surface area contributed by atoms with Gasteiger partial charge in [-0.1, -0.05) is 30.3 Å². The third-order valence-electron chi connectivity index (χ3n) is 3.19. The first kappa shape index (κ1) is 15.4. The lowest BCUT2D eigenvalue weighted by atomic mass is 10.2. The van der Waals surface area contributed by atoms with E-state index in [2.05, 4.69) is 36.5 Å². The lowest BCUT2D eigenvalue weighted by Crippen LogP contribution is -2.06. The van der Waals surface area contributed by atoms with Gasteiger partial charge in [0.1, 0.15) is 11.6 Å². The first-order valence-electron chi connectivity index (χ1n) is 7.04. The summed E-state index contributed by atoms with van der Waals surface area (Å²) in [6, 6.07) is 16.2. The van der Waals surface area contributed by atoms with Gasteiger partial charge < -0.3 is 10.6 Å². The second kappa shape index (κ2) is 7.19. The van der Waals surface area contributed by atoms with Crippen molar-refractivity contribution < 1.29 is 4.39 Å². The fraction of sp³-hybridized carbons (Fsp3) is 0.0588. The Kier molecular flexibility index (Phi) is 4.83. The van der Waals surface area contributed by atoms with E-state index in [1.54, 1.807) is 30.5 Å². The molecule has 1 aromatic heterocycles. The Morgan fingerprint density at radius 2 is 1.78 bits per heavy atom. The van der Waals surface area contributed by atoms with Crippen LogP contribution in [0.15, 0.2) is 65.3 Å². The van der Waals surface area contributed by atoms with Gasteiger partial charge in [-0.25, -0.2) is 9.37 Å². The minimum atomic E-state index is -0.248. The van der Waals surface area contributed by atoms with E-state index in [1.807, 2.05) is 24.3 Å². The van der Waals surface area contributed by atoms with Gasteiger partial charge in [-0.2, -0.15) is 4.98 Å². The summed E-state index contributed by atoms with van der Waals surface area (Å²) in [4.78, 5) is 8.53. The van der Waals surface area contributed by atoms with Crippen LogP contribution in [0, 0.1) is 5.82 Å². The highest BCUT2D eigenvalue weighted by atomic mass is 79.9. The van der Waals surface area contributed by atoms with Gasteiger partial charge in [0.25, 0.3) is 0 Å². The van der Waals surface area contributed by atoms with E-state index >= 15 is 0 Å². The number of benzene rings is 2. The molecule has 23 heavy (non-hydrogen) atoms. The number of hydrogen-bond acceptors (Lipinski definition) is 4. The van der Waals surface area contributed by atoms with Crippen molar-refractivity contribution in [2.45, 2.75) is 6.54 Å². The van der Waals surface area contributed by atoms with Crippen LogP contribution in [0.4, 0.5) is 21.8 Å². The number of rotatable bonds is 5. The number of aromatic nitrogens is 2. The molecule has 0 amide bonds. The van der Waals surface area contributed by atoms with Gasteiger partial charge in [-0.15, -0.1) is 0 Å². The van der Waals surface area contributed by atoms with Gasteiger partial charge in [0, 0.05) is 22.8 Å². The molecule has 0 radical (unpaired) electrons. The lowest BCUT2D eigenvalue weighted by Gasteiger charge is -2.10. The van der Waals surface area contributed by atoms with Gasteiger partial charge >= 0.3 is 0 Å². The molecule has 3 rings (SSSR count). The molecule has 0 spiro atoms. The van der Waals surface area contributed by atoms with Crippen molar-refractivity contribution in [3.63, 3.8) is 0 Å². The first-order valence-corrected chi connectivity index (χ1v) is 7.83. The van der Waals surface area contributed by atoms with E-state index in [-0.39, 0.29) is 5.82 Å². The molecule has 116 valence electrons. The molecule has 0 bridgehead atoms. The van der Waals surface area contributed by atoms with Gasteiger partial charge in [-0.3, -0.25) is 0 Å². The van der Waals surface area contributed by atoms with Crippen LogP contribution in [0.5, 0.6) is 0 Å². The van der Waals surface area contributed by atoms with E-state index in [4.69, 9.17) is 0 Å². The quantitative estimate of drug-likeness (QED) is 0.679. The van der Waals surface area contributed by atoms with Crippen LogP contribution in [-0.2, 0) is 6.54 Å². The van der Waals surface area contributed by atoms with Crippen molar-refractivity contribution in [1.82, 2.24) is 9.97 Å². The summed E-state index contributed by atoms with van der Waals surface area (Å²) in [7, 11) is 0. The Morgan fingerprint density at radius 1 is 1.00 bits per heavy atom.